The van der Waals surface area contributed by atoms with E-state index in [-0.39, 0.29) is 23.4 Å². The van der Waals surface area contributed by atoms with Gasteiger partial charge in [-0.25, -0.2) is 9.97 Å². The van der Waals surface area contributed by atoms with Crippen molar-refractivity contribution < 1.29 is 9.53 Å². The first kappa shape index (κ1) is 19.2. The molecule has 31 heavy (non-hydrogen) atoms. The van der Waals surface area contributed by atoms with Gasteiger partial charge in [0.1, 0.15) is 16.9 Å². The van der Waals surface area contributed by atoms with Crippen molar-refractivity contribution in [2.45, 2.75) is 18.9 Å². The summed E-state index contributed by atoms with van der Waals surface area (Å²) in [4.78, 5) is 22.5. The van der Waals surface area contributed by atoms with Crippen LogP contribution in [0.15, 0.2) is 59.7 Å². The quantitative estimate of drug-likeness (QED) is 0.488. The molecule has 1 unspecified atom stereocenters. The van der Waals surface area contributed by atoms with Crippen LogP contribution in [0.5, 0.6) is 0 Å². The summed E-state index contributed by atoms with van der Waals surface area (Å²) in [6, 6.07) is 17.2. The van der Waals surface area contributed by atoms with Gasteiger partial charge in [-0.05, 0) is 30.5 Å². The fourth-order valence-electron chi connectivity index (χ4n) is 3.75. The van der Waals surface area contributed by atoms with Gasteiger partial charge in [0.2, 0.25) is 0 Å². The Morgan fingerprint density at radius 1 is 1.16 bits per heavy atom. The Morgan fingerprint density at radius 3 is 2.65 bits per heavy atom. The lowest BCUT2D eigenvalue weighted by Gasteiger charge is -2.10. The number of fused-ring (bicyclic) bond motifs is 2. The summed E-state index contributed by atoms with van der Waals surface area (Å²) in [7, 11) is 0. The van der Waals surface area contributed by atoms with Crippen LogP contribution in [0.4, 0.5) is 5.82 Å². The van der Waals surface area contributed by atoms with Gasteiger partial charge in [0.15, 0.2) is 5.65 Å². The summed E-state index contributed by atoms with van der Waals surface area (Å²) in [6.07, 6.45) is 3.65. The highest BCUT2D eigenvalue weighted by Crippen LogP contribution is 2.28. The number of para-hydroxylation sites is 2. The highest BCUT2D eigenvalue weighted by atomic mass is 16.5. The van der Waals surface area contributed by atoms with Gasteiger partial charge < -0.3 is 15.8 Å². The molecule has 1 amide bonds. The SMILES string of the molecule is Nc1c(C(=O)NCC2CCCO2)c2nc3ccccc3nc2n1N=Cc1ccccc1. The van der Waals surface area contributed by atoms with Crippen LogP contribution < -0.4 is 11.1 Å². The smallest absolute Gasteiger partial charge is 0.257 e. The van der Waals surface area contributed by atoms with E-state index in [0.29, 0.717) is 28.7 Å². The fraction of sp³-hybridized carbons (Fsp3) is 0.217. The van der Waals surface area contributed by atoms with E-state index < -0.39 is 0 Å². The van der Waals surface area contributed by atoms with Crippen LogP contribution in [0.3, 0.4) is 0 Å². The maximum absolute atomic E-state index is 13.1. The molecule has 1 fully saturated rings. The van der Waals surface area contributed by atoms with E-state index in [1.807, 2.05) is 54.6 Å². The summed E-state index contributed by atoms with van der Waals surface area (Å²) in [5.74, 6) is -0.112. The first-order chi connectivity index (χ1) is 15.2. The van der Waals surface area contributed by atoms with Gasteiger partial charge in [0.05, 0.1) is 23.4 Å². The third-order valence-corrected chi connectivity index (χ3v) is 5.34. The zero-order valence-corrected chi connectivity index (χ0v) is 16.9. The van der Waals surface area contributed by atoms with Crippen LogP contribution in [-0.2, 0) is 4.74 Å². The molecule has 5 rings (SSSR count). The van der Waals surface area contributed by atoms with E-state index >= 15 is 0 Å². The number of amides is 1. The lowest BCUT2D eigenvalue weighted by atomic mass is 10.2. The third kappa shape index (κ3) is 3.73. The van der Waals surface area contributed by atoms with Crippen molar-refractivity contribution in [2.24, 2.45) is 5.10 Å². The second-order valence-electron chi connectivity index (χ2n) is 7.46. The van der Waals surface area contributed by atoms with Crippen LogP contribution in [-0.4, -0.2) is 46.0 Å². The van der Waals surface area contributed by atoms with Gasteiger partial charge in [-0.1, -0.05) is 42.5 Å². The minimum atomic E-state index is -0.309. The van der Waals surface area contributed by atoms with Gasteiger partial charge in [-0.2, -0.15) is 9.78 Å². The summed E-state index contributed by atoms with van der Waals surface area (Å²) in [6.45, 7) is 1.16. The van der Waals surface area contributed by atoms with Crippen molar-refractivity contribution in [2.75, 3.05) is 18.9 Å². The van der Waals surface area contributed by atoms with Crippen LogP contribution in [0.25, 0.3) is 22.2 Å². The molecule has 0 radical (unpaired) electrons. The van der Waals surface area contributed by atoms with E-state index in [2.05, 4.69) is 15.4 Å². The molecule has 3 heterocycles. The number of ether oxygens (including phenoxy) is 1. The Hall–Kier alpha value is -3.78. The molecule has 1 aliphatic heterocycles. The molecule has 156 valence electrons. The lowest BCUT2D eigenvalue weighted by molar-refractivity contribution is 0.0859. The molecule has 1 atom stereocenters. The molecule has 1 saturated heterocycles. The topological polar surface area (TPSA) is 107 Å². The van der Waals surface area contributed by atoms with Gasteiger partial charge in [0, 0.05) is 13.2 Å². The molecule has 0 bridgehead atoms. The number of carbonyl (C=O) groups is 1. The number of benzene rings is 2. The van der Waals surface area contributed by atoms with Crippen LogP contribution in [0, 0.1) is 0 Å². The summed E-state index contributed by atoms with van der Waals surface area (Å²) in [5.41, 5.74) is 9.83. The number of carbonyl (C=O) groups excluding carboxylic acids is 1. The molecule has 0 saturated carbocycles. The van der Waals surface area contributed by atoms with Crippen LogP contribution >= 0.6 is 0 Å². The van der Waals surface area contributed by atoms with Crippen molar-refractivity contribution >= 4 is 40.1 Å². The standard InChI is InChI=1S/C23H22N6O2/c24-21-19(23(30)25-14-16-9-6-12-31-16)20-22(28-18-11-5-4-10-17(18)27-20)29(21)26-13-15-7-2-1-3-8-15/h1-5,7-8,10-11,13,16H,6,9,12,14,24H2,(H,25,30). The first-order valence-corrected chi connectivity index (χ1v) is 10.3. The molecule has 8 heteroatoms. The Morgan fingerprint density at radius 2 is 1.90 bits per heavy atom. The maximum atomic E-state index is 13.1. The average Bonchev–Trinajstić information content (AvgIpc) is 3.41. The highest BCUT2D eigenvalue weighted by molar-refractivity contribution is 6.10. The number of anilines is 1. The number of hydrogen-bond acceptors (Lipinski definition) is 6. The minimum Gasteiger partial charge on any atom is -0.383 e. The van der Waals surface area contributed by atoms with Gasteiger partial charge in [-0.3, -0.25) is 4.79 Å². The molecule has 0 spiro atoms. The Labute approximate surface area is 178 Å². The summed E-state index contributed by atoms with van der Waals surface area (Å²) in [5, 5.41) is 7.44. The van der Waals surface area contributed by atoms with E-state index in [1.165, 1.54) is 4.68 Å². The fourth-order valence-corrected chi connectivity index (χ4v) is 3.75. The van der Waals surface area contributed by atoms with Crippen molar-refractivity contribution in [1.82, 2.24) is 20.0 Å². The van der Waals surface area contributed by atoms with E-state index in [4.69, 9.17) is 15.5 Å². The van der Waals surface area contributed by atoms with Crippen LogP contribution in [0.1, 0.15) is 28.8 Å². The molecule has 8 nitrogen and oxygen atoms in total. The predicted octanol–water partition coefficient (Wildman–Crippen LogP) is 2.96. The molecular formula is C23H22N6O2. The second kappa shape index (κ2) is 8.16. The Bertz CT molecular complexity index is 1280. The Balaban J connectivity index is 1.59. The number of hydrogen-bond donors (Lipinski definition) is 2. The van der Waals surface area contributed by atoms with Crippen LogP contribution in [0.2, 0.25) is 0 Å². The number of rotatable bonds is 5. The highest BCUT2D eigenvalue weighted by Gasteiger charge is 2.25. The number of nitrogen functional groups attached to an aromatic ring is 1. The maximum Gasteiger partial charge on any atom is 0.257 e. The van der Waals surface area contributed by atoms with Crippen molar-refractivity contribution in [3.05, 3.63) is 65.7 Å². The normalized spacial score (nSPS) is 16.5. The van der Waals surface area contributed by atoms with E-state index in [1.54, 1.807) is 6.21 Å². The van der Waals surface area contributed by atoms with Crippen molar-refractivity contribution in [3.63, 3.8) is 0 Å². The van der Waals surface area contributed by atoms with E-state index in [0.717, 1.165) is 25.0 Å². The zero-order valence-electron chi connectivity index (χ0n) is 16.9. The molecule has 2 aromatic carbocycles. The number of nitrogens with zero attached hydrogens (tertiary/aromatic N) is 4. The Kier molecular flexibility index (Phi) is 5.05. The molecule has 1 aliphatic rings. The monoisotopic (exact) mass is 414 g/mol. The number of nitrogens with two attached hydrogens (primary N) is 1. The third-order valence-electron chi connectivity index (χ3n) is 5.34. The minimum absolute atomic E-state index is 0.0292. The lowest BCUT2D eigenvalue weighted by Crippen LogP contribution is -2.32. The largest absolute Gasteiger partial charge is 0.383 e. The van der Waals surface area contributed by atoms with Gasteiger partial charge >= 0.3 is 0 Å². The molecular weight excluding hydrogens is 392 g/mol. The number of aromatic nitrogens is 3. The summed E-state index contributed by atoms with van der Waals surface area (Å²) >= 11 is 0. The van der Waals surface area contributed by atoms with Crippen molar-refractivity contribution in [3.8, 4) is 0 Å². The van der Waals surface area contributed by atoms with Gasteiger partial charge in [0.25, 0.3) is 5.91 Å². The van der Waals surface area contributed by atoms with Crippen molar-refractivity contribution in [1.29, 1.82) is 0 Å². The number of nitrogens with one attached hydrogen (secondary N) is 1. The first-order valence-electron chi connectivity index (χ1n) is 10.3. The molecule has 4 aromatic rings. The van der Waals surface area contributed by atoms with Gasteiger partial charge in [-0.15, -0.1) is 0 Å². The molecule has 0 aliphatic carbocycles. The predicted molar refractivity (Wildman–Crippen MR) is 120 cm³/mol. The second-order valence-corrected chi connectivity index (χ2v) is 7.46. The molecule has 3 N–H and O–H groups in total. The zero-order chi connectivity index (χ0) is 21.2. The molecule has 2 aromatic heterocycles. The van der Waals surface area contributed by atoms with E-state index in [9.17, 15) is 4.79 Å². The summed E-state index contributed by atoms with van der Waals surface area (Å²) < 4.78 is 7.08. The average molecular weight is 414 g/mol.